The number of piperazine rings is 1. The van der Waals surface area contributed by atoms with E-state index in [9.17, 15) is 28.1 Å². The molecule has 194 valence electrons. The Morgan fingerprint density at radius 3 is 2.56 bits per heavy atom. The Balaban J connectivity index is 1.17. The smallest absolute Gasteiger partial charge is 0.445 e. The maximum absolute atomic E-state index is 12.3. The lowest BCUT2D eigenvalue weighted by Gasteiger charge is -2.37. The minimum absolute atomic E-state index is 0.0172. The maximum atomic E-state index is 12.3. The van der Waals surface area contributed by atoms with Crippen LogP contribution in [-0.2, 0) is 11.3 Å². The van der Waals surface area contributed by atoms with Crippen LogP contribution < -0.4 is 9.47 Å². The molecule has 2 aliphatic rings. The molecular formula is C22H24F3N5O6. The largest absolute Gasteiger partial charge is 0.573 e. The fraction of sp³-hybridized carbons (Fsp3) is 0.455. The van der Waals surface area contributed by atoms with Gasteiger partial charge in [-0.25, -0.2) is 4.79 Å². The van der Waals surface area contributed by atoms with E-state index in [4.69, 9.17) is 9.47 Å². The summed E-state index contributed by atoms with van der Waals surface area (Å²) in [4.78, 5) is 30.3. The molecule has 1 aromatic heterocycles. The number of aromatic nitrogens is 2. The number of carbonyl (C=O) groups is 1. The van der Waals surface area contributed by atoms with E-state index in [0.717, 1.165) is 0 Å². The monoisotopic (exact) mass is 511 g/mol. The van der Waals surface area contributed by atoms with Crippen LogP contribution in [0.3, 0.4) is 0 Å². The molecule has 3 heterocycles. The Hall–Kier alpha value is -3.81. The molecule has 11 nitrogen and oxygen atoms in total. The highest BCUT2D eigenvalue weighted by Gasteiger charge is 2.42. The molecule has 1 aromatic carbocycles. The summed E-state index contributed by atoms with van der Waals surface area (Å²) in [7, 11) is 0. The van der Waals surface area contributed by atoms with Gasteiger partial charge in [-0.15, -0.1) is 13.2 Å². The number of nitrogens with zero attached hydrogens (tertiary/aromatic N) is 5. The first kappa shape index (κ1) is 25.3. The van der Waals surface area contributed by atoms with Gasteiger partial charge in [-0.05, 0) is 35.6 Å². The zero-order chi connectivity index (χ0) is 25.9. The van der Waals surface area contributed by atoms with Gasteiger partial charge >= 0.3 is 24.3 Å². The zero-order valence-corrected chi connectivity index (χ0v) is 19.3. The molecule has 0 bridgehead atoms. The van der Waals surface area contributed by atoms with Gasteiger partial charge in [-0.1, -0.05) is 18.2 Å². The van der Waals surface area contributed by atoms with Crippen LogP contribution in [0, 0.1) is 10.1 Å². The number of hydrogen-bond acceptors (Lipinski definition) is 8. The fourth-order valence-electron chi connectivity index (χ4n) is 4.10. The number of imidazole rings is 1. The number of ether oxygens (including phenoxy) is 3. The molecule has 1 saturated heterocycles. The van der Waals surface area contributed by atoms with Crippen LogP contribution in [0.15, 0.2) is 36.5 Å². The van der Waals surface area contributed by atoms with Crippen molar-refractivity contribution in [2.24, 2.45) is 0 Å². The maximum Gasteiger partial charge on any atom is 0.573 e. The Labute approximate surface area is 203 Å². The molecular weight excluding hydrogens is 487 g/mol. The molecule has 2 aromatic rings. The van der Waals surface area contributed by atoms with Crippen LogP contribution in [0.5, 0.6) is 11.8 Å². The Bertz CT molecular complexity index is 1100. The van der Waals surface area contributed by atoms with Gasteiger partial charge in [-0.3, -0.25) is 9.47 Å². The molecule has 2 aliphatic heterocycles. The molecule has 0 radical (unpaired) electrons. The van der Waals surface area contributed by atoms with Gasteiger partial charge in [-0.2, -0.15) is 0 Å². The van der Waals surface area contributed by atoms with Gasteiger partial charge < -0.3 is 29.2 Å². The summed E-state index contributed by atoms with van der Waals surface area (Å²) in [6.45, 7) is 5.10. The lowest BCUT2D eigenvalue weighted by Crippen LogP contribution is -2.54. The van der Waals surface area contributed by atoms with Crippen LogP contribution in [0.4, 0.5) is 23.8 Å². The predicted molar refractivity (Wildman–Crippen MR) is 119 cm³/mol. The number of benzene rings is 1. The van der Waals surface area contributed by atoms with Crippen molar-refractivity contribution >= 4 is 18.0 Å². The molecule has 1 amide bonds. The summed E-state index contributed by atoms with van der Waals surface area (Å²) >= 11 is 0. The van der Waals surface area contributed by atoms with Crippen molar-refractivity contribution in [2.45, 2.75) is 25.4 Å². The summed E-state index contributed by atoms with van der Waals surface area (Å²) in [6, 6.07) is 5.55. The van der Waals surface area contributed by atoms with Crippen LogP contribution in [0.25, 0.3) is 6.08 Å². The molecule has 14 heteroatoms. The minimum atomic E-state index is -4.74. The van der Waals surface area contributed by atoms with Crippen molar-refractivity contribution in [1.29, 1.82) is 0 Å². The number of fused-ring (bicyclic) bond motifs is 1. The molecule has 0 saturated carbocycles. The van der Waals surface area contributed by atoms with Crippen molar-refractivity contribution in [2.75, 3.05) is 39.3 Å². The van der Waals surface area contributed by atoms with Crippen molar-refractivity contribution in [3.63, 3.8) is 0 Å². The second-order valence-electron chi connectivity index (χ2n) is 8.68. The van der Waals surface area contributed by atoms with Crippen LogP contribution >= 0.6 is 0 Å². The van der Waals surface area contributed by atoms with Crippen molar-refractivity contribution in [1.82, 2.24) is 19.4 Å². The van der Waals surface area contributed by atoms with Gasteiger partial charge in [0.05, 0.1) is 6.54 Å². The normalized spacial score (nSPS) is 20.3. The second kappa shape index (κ2) is 10.0. The molecule has 0 aliphatic carbocycles. The summed E-state index contributed by atoms with van der Waals surface area (Å²) in [5.41, 5.74) is 0.0514. The van der Waals surface area contributed by atoms with E-state index in [2.05, 4.69) is 14.6 Å². The third-order valence-electron chi connectivity index (χ3n) is 5.67. The van der Waals surface area contributed by atoms with E-state index >= 15 is 0 Å². The highest BCUT2D eigenvalue weighted by atomic mass is 19.4. The van der Waals surface area contributed by atoms with E-state index in [0.29, 0.717) is 44.8 Å². The van der Waals surface area contributed by atoms with Gasteiger partial charge in [0.25, 0.3) is 0 Å². The first-order valence-electron chi connectivity index (χ1n) is 11.1. The Kier molecular flexibility index (Phi) is 7.06. The standard InChI is InChI=1S/C22H24F3N5O6/c1-21(15-29-13-18(30(32)33)26-19(29)36-21)14-27-8-10-28(11-9-27)20(31)34-12-2-3-16-4-6-17(7-5-16)35-22(23,24)25/h2-7,13H,8-12,14-15H2,1H3. The summed E-state index contributed by atoms with van der Waals surface area (Å²) in [5.74, 6) is -0.559. The Morgan fingerprint density at radius 2 is 1.94 bits per heavy atom. The Morgan fingerprint density at radius 1 is 1.25 bits per heavy atom. The third kappa shape index (κ3) is 6.44. The topological polar surface area (TPSA) is 112 Å². The van der Waals surface area contributed by atoms with Crippen LogP contribution in [0.1, 0.15) is 12.5 Å². The van der Waals surface area contributed by atoms with Crippen molar-refractivity contribution in [3.05, 3.63) is 52.2 Å². The summed E-state index contributed by atoms with van der Waals surface area (Å²) in [5, 5.41) is 10.9. The summed E-state index contributed by atoms with van der Waals surface area (Å²) < 4.78 is 53.2. The van der Waals surface area contributed by atoms with Crippen LogP contribution in [0.2, 0.25) is 0 Å². The number of carbonyl (C=O) groups excluding carboxylic acids is 1. The van der Waals surface area contributed by atoms with Gasteiger partial charge in [0.2, 0.25) is 0 Å². The summed E-state index contributed by atoms with van der Waals surface area (Å²) in [6.07, 6.45) is -0.608. The molecule has 1 atom stereocenters. The molecule has 0 N–H and O–H groups in total. The number of halogens is 3. The highest BCUT2D eigenvalue weighted by Crippen LogP contribution is 2.31. The highest BCUT2D eigenvalue weighted by molar-refractivity contribution is 5.68. The van der Waals surface area contributed by atoms with Crippen molar-refractivity contribution < 1.29 is 37.1 Å². The number of nitro groups is 1. The van der Waals surface area contributed by atoms with E-state index in [1.807, 2.05) is 6.92 Å². The van der Waals surface area contributed by atoms with Gasteiger partial charge in [0.15, 0.2) is 0 Å². The minimum Gasteiger partial charge on any atom is -0.445 e. The van der Waals surface area contributed by atoms with Crippen molar-refractivity contribution in [3.8, 4) is 11.8 Å². The predicted octanol–water partition coefficient (Wildman–Crippen LogP) is 3.31. The number of alkyl halides is 3. The molecule has 1 unspecified atom stereocenters. The first-order valence-corrected chi connectivity index (χ1v) is 11.1. The first-order chi connectivity index (χ1) is 17.0. The van der Waals surface area contributed by atoms with Gasteiger partial charge in [0, 0.05) is 37.7 Å². The fourth-order valence-corrected chi connectivity index (χ4v) is 4.10. The van der Waals surface area contributed by atoms with E-state index in [1.165, 1.54) is 30.5 Å². The molecule has 1 fully saturated rings. The lowest BCUT2D eigenvalue weighted by atomic mass is 10.1. The van der Waals surface area contributed by atoms with Crippen LogP contribution in [-0.4, -0.2) is 81.7 Å². The molecule has 4 rings (SSSR count). The average Bonchev–Trinajstić information content (AvgIpc) is 3.32. The number of rotatable bonds is 7. The molecule has 0 spiro atoms. The van der Waals surface area contributed by atoms with Gasteiger partial charge in [0.1, 0.15) is 24.2 Å². The zero-order valence-electron chi connectivity index (χ0n) is 19.3. The van der Waals surface area contributed by atoms with E-state index < -0.39 is 23.0 Å². The van der Waals surface area contributed by atoms with E-state index in [-0.39, 0.29) is 24.2 Å². The quantitative estimate of drug-likeness (QED) is 0.411. The molecule has 36 heavy (non-hydrogen) atoms. The average molecular weight is 511 g/mol. The number of amides is 1. The lowest BCUT2D eigenvalue weighted by molar-refractivity contribution is -0.389. The SMILES string of the molecule is CC1(CN2CCN(C(=O)OCC=Cc3ccc(OC(F)(F)F)cc3)CC2)Cn2cc([N+](=O)[O-])nc2O1. The van der Waals surface area contributed by atoms with E-state index in [1.54, 1.807) is 21.6 Å². The third-order valence-corrected chi connectivity index (χ3v) is 5.67. The number of hydrogen-bond donors (Lipinski definition) is 0. The second-order valence-corrected chi connectivity index (χ2v) is 8.68.